The Balaban J connectivity index is 2.22. The van der Waals surface area contributed by atoms with Gasteiger partial charge in [0.1, 0.15) is 5.75 Å². The first-order chi connectivity index (χ1) is 12.1. The fraction of sp³-hybridized carbons (Fsp3) is 0.579. The highest BCUT2D eigenvalue weighted by atomic mass is 19.4. The Bertz CT molecular complexity index is 708. The SMILES string of the molecule is CCCCCN1CC(C)(C)C(Oc2ccc(C#N)c(C(F)(F)F)c2)C1=O. The van der Waals surface area contributed by atoms with Gasteiger partial charge in [0.25, 0.3) is 5.91 Å². The summed E-state index contributed by atoms with van der Waals surface area (Å²) in [6.45, 7) is 6.93. The van der Waals surface area contributed by atoms with Crippen LogP contribution in [0.3, 0.4) is 0 Å². The molecule has 1 aliphatic rings. The Kier molecular flexibility index (Phi) is 5.84. The molecule has 4 nitrogen and oxygen atoms in total. The molecule has 0 aliphatic carbocycles. The second-order valence-corrected chi connectivity index (χ2v) is 7.27. The third kappa shape index (κ3) is 4.29. The van der Waals surface area contributed by atoms with E-state index in [1.807, 2.05) is 13.8 Å². The van der Waals surface area contributed by atoms with Crippen molar-refractivity contribution in [3.8, 4) is 11.8 Å². The van der Waals surface area contributed by atoms with Crippen LogP contribution in [0.1, 0.15) is 51.2 Å². The van der Waals surface area contributed by atoms with E-state index in [9.17, 15) is 18.0 Å². The van der Waals surface area contributed by atoms with Crippen LogP contribution in [0.15, 0.2) is 18.2 Å². The Morgan fingerprint density at radius 2 is 2.04 bits per heavy atom. The van der Waals surface area contributed by atoms with Gasteiger partial charge in [-0.3, -0.25) is 4.79 Å². The monoisotopic (exact) mass is 368 g/mol. The molecular formula is C19H23F3N2O2. The van der Waals surface area contributed by atoms with E-state index >= 15 is 0 Å². The van der Waals surface area contributed by atoms with E-state index in [-0.39, 0.29) is 11.7 Å². The van der Waals surface area contributed by atoms with Crippen molar-refractivity contribution in [1.29, 1.82) is 5.26 Å². The van der Waals surface area contributed by atoms with E-state index < -0.39 is 28.8 Å². The predicted molar refractivity (Wildman–Crippen MR) is 90.5 cm³/mol. The van der Waals surface area contributed by atoms with Crippen molar-refractivity contribution in [2.45, 2.75) is 52.3 Å². The predicted octanol–water partition coefficient (Wildman–Crippen LogP) is 4.38. The maximum atomic E-state index is 13.1. The lowest BCUT2D eigenvalue weighted by molar-refractivity contribution is -0.138. The number of benzene rings is 1. The van der Waals surface area contributed by atoms with Crippen LogP contribution in [-0.2, 0) is 11.0 Å². The third-order valence-electron chi connectivity index (χ3n) is 4.55. The third-order valence-corrected chi connectivity index (χ3v) is 4.55. The first-order valence-corrected chi connectivity index (χ1v) is 8.67. The lowest BCUT2D eigenvalue weighted by Gasteiger charge is -2.24. The van der Waals surface area contributed by atoms with E-state index in [4.69, 9.17) is 10.00 Å². The van der Waals surface area contributed by atoms with Crippen molar-refractivity contribution in [1.82, 2.24) is 4.90 Å². The zero-order valence-corrected chi connectivity index (χ0v) is 15.2. The normalized spacial score (nSPS) is 19.5. The molecule has 0 aromatic heterocycles. The van der Waals surface area contributed by atoms with Gasteiger partial charge in [0.2, 0.25) is 0 Å². The van der Waals surface area contributed by atoms with Crippen LogP contribution in [0.4, 0.5) is 13.2 Å². The van der Waals surface area contributed by atoms with Gasteiger partial charge < -0.3 is 9.64 Å². The molecule has 1 aromatic carbocycles. The number of hydrogen-bond acceptors (Lipinski definition) is 3. The molecule has 1 unspecified atom stereocenters. The number of rotatable bonds is 6. The van der Waals surface area contributed by atoms with Gasteiger partial charge in [-0.05, 0) is 24.6 Å². The molecular weight excluding hydrogens is 345 g/mol. The van der Waals surface area contributed by atoms with Crippen LogP contribution in [0, 0.1) is 16.7 Å². The summed E-state index contributed by atoms with van der Waals surface area (Å²) in [6.07, 6.45) is -2.57. The summed E-state index contributed by atoms with van der Waals surface area (Å²) >= 11 is 0. The maximum absolute atomic E-state index is 13.1. The lowest BCUT2D eigenvalue weighted by atomic mass is 9.89. The number of unbranched alkanes of at least 4 members (excludes halogenated alkanes) is 2. The van der Waals surface area contributed by atoms with Crippen molar-refractivity contribution < 1.29 is 22.7 Å². The van der Waals surface area contributed by atoms with Crippen molar-refractivity contribution in [3.05, 3.63) is 29.3 Å². The number of nitrogens with zero attached hydrogens (tertiary/aromatic N) is 2. The largest absolute Gasteiger partial charge is 0.480 e. The first-order valence-electron chi connectivity index (χ1n) is 8.67. The molecule has 142 valence electrons. The van der Waals surface area contributed by atoms with Gasteiger partial charge >= 0.3 is 6.18 Å². The number of halogens is 3. The van der Waals surface area contributed by atoms with E-state index in [1.54, 1.807) is 4.90 Å². The minimum absolute atomic E-state index is 0.0573. The highest BCUT2D eigenvalue weighted by Crippen LogP contribution is 2.37. The number of carbonyl (C=O) groups excluding carboxylic acids is 1. The number of likely N-dealkylation sites (tertiary alicyclic amines) is 1. The summed E-state index contributed by atoms with van der Waals surface area (Å²) in [6, 6.07) is 4.70. The van der Waals surface area contributed by atoms with Crippen LogP contribution >= 0.6 is 0 Å². The van der Waals surface area contributed by atoms with Gasteiger partial charge in [-0.25, -0.2) is 0 Å². The van der Waals surface area contributed by atoms with Gasteiger partial charge in [-0.2, -0.15) is 18.4 Å². The quantitative estimate of drug-likeness (QED) is 0.700. The molecule has 0 radical (unpaired) electrons. The average molecular weight is 368 g/mol. The molecule has 1 aliphatic heterocycles. The molecule has 0 bridgehead atoms. The summed E-state index contributed by atoms with van der Waals surface area (Å²) in [5.74, 6) is -0.262. The second-order valence-electron chi connectivity index (χ2n) is 7.27. The molecule has 1 fully saturated rings. The molecule has 1 amide bonds. The Morgan fingerprint density at radius 1 is 1.35 bits per heavy atom. The highest BCUT2D eigenvalue weighted by Gasteiger charge is 2.48. The average Bonchev–Trinajstić information content (AvgIpc) is 2.77. The zero-order chi connectivity index (χ0) is 19.5. The number of carbonyl (C=O) groups is 1. The molecule has 26 heavy (non-hydrogen) atoms. The van der Waals surface area contributed by atoms with E-state index in [0.29, 0.717) is 13.1 Å². The Hall–Kier alpha value is -2.23. The number of alkyl halides is 3. The van der Waals surface area contributed by atoms with Crippen LogP contribution in [0.25, 0.3) is 0 Å². The summed E-state index contributed by atoms with van der Waals surface area (Å²) in [4.78, 5) is 14.4. The van der Waals surface area contributed by atoms with Gasteiger partial charge in [-0.15, -0.1) is 0 Å². The lowest BCUT2D eigenvalue weighted by Crippen LogP contribution is -2.37. The van der Waals surface area contributed by atoms with Crippen molar-refractivity contribution >= 4 is 5.91 Å². The van der Waals surface area contributed by atoms with Crippen molar-refractivity contribution in [2.24, 2.45) is 5.41 Å². The summed E-state index contributed by atoms with van der Waals surface area (Å²) < 4.78 is 45.0. The summed E-state index contributed by atoms with van der Waals surface area (Å²) in [7, 11) is 0. The number of ether oxygens (including phenoxy) is 1. The first kappa shape index (κ1) is 20.1. The molecule has 0 saturated carbocycles. The Labute approximate surface area is 151 Å². The van der Waals surface area contributed by atoms with E-state index in [0.717, 1.165) is 31.4 Å². The van der Waals surface area contributed by atoms with E-state index in [1.165, 1.54) is 12.1 Å². The standard InChI is InChI=1S/C19H23F3N2O2/c1-4-5-6-9-24-12-18(2,3)16(17(24)25)26-14-8-7-13(11-23)15(10-14)19(20,21)22/h7-8,10,16H,4-6,9,12H2,1-3H3. The summed E-state index contributed by atoms with van der Waals surface area (Å²) in [5, 5.41) is 8.87. The number of amides is 1. The topological polar surface area (TPSA) is 53.3 Å². The van der Waals surface area contributed by atoms with Crippen LogP contribution < -0.4 is 4.74 Å². The van der Waals surface area contributed by atoms with Gasteiger partial charge in [0, 0.05) is 18.5 Å². The second kappa shape index (κ2) is 7.56. The van der Waals surface area contributed by atoms with Crippen molar-refractivity contribution in [3.63, 3.8) is 0 Å². The van der Waals surface area contributed by atoms with E-state index in [2.05, 4.69) is 6.92 Å². The molecule has 1 atom stereocenters. The van der Waals surface area contributed by atoms with Crippen LogP contribution in [0.2, 0.25) is 0 Å². The minimum atomic E-state index is -4.66. The van der Waals surface area contributed by atoms with Gasteiger partial charge in [-0.1, -0.05) is 33.6 Å². The molecule has 1 heterocycles. The number of hydrogen-bond donors (Lipinski definition) is 0. The number of nitriles is 1. The van der Waals surface area contributed by atoms with Crippen LogP contribution in [-0.4, -0.2) is 30.0 Å². The highest BCUT2D eigenvalue weighted by molar-refractivity contribution is 5.84. The fourth-order valence-electron chi connectivity index (χ4n) is 3.17. The minimum Gasteiger partial charge on any atom is -0.480 e. The molecule has 0 spiro atoms. The van der Waals surface area contributed by atoms with Crippen molar-refractivity contribution in [2.75, 3.05) is 13.1 Å². The molecule has 1 saturated heterocycles. The zero-order valence-electron chi connectivity index (χ0n) is 15.2. The molecule has 2 rings (SSSR count). The van der Waals surface area contributed by atoms with Gasteiger partial charge in [0.15, 0.2) is 6.10 Å². The van der Waals surface area contributed by atoms with Gasteiger partial charge in [0.05, 0.1) is 17.2 Å². The fourth-order valence-corrected chi connectivity index (χ4v) is 3.17. The van der Waals surface area contributed by atoms with Crippen LogP contribution in [0.5, 0.6) is 5.75 Å². The smallest absolute Gasteiger partial charge is 0.417 e. The Morgan fingerprint density at radius 3 is 2.62 bits per heavy atom. The molecule has 1 aromatic rings. The maximum Gasteiger partial charge on any atom is 0.417 e. The molecule has 7 heteroatoms. The summed E-state index contributed by atoms with van der Waals surface area (Å²) in [5.41, 5.74) is -2.04. The molecule has 0 N–H and O–H groups in total.